The summed E-state index contributed by atoms with van der Waals surface area (Å²) >= 11 is 0. The fourth-order valence-electron chi connectivity index (χ4n) is 4.32. The Labute approximate surface area is 194 Å². The first-order valence-electron chi connectivity index (χ1n) is 11.0. The molecule has 1 aliphatic rings. The minimum atomic E-state index is -4.46. The second-order valence-corrected chi connectivity index (χ2v) is 8.23. The van der Waals surface area contributed by atoms with E-state index in [0.717, 1.165) is 23.3 Å². The van der Waals surface area contributed by atoms with Crippen molar-refractivity contribution in [1.29, 1.82) is 0 Å². The highest BCUT2D eigenvalue weighted by atomic mass is 19.4. The molecule has 1 heterocycles. The molecule has 0 unspecified atom stereocenters. The maximum absolute atomic E-state index is 14.8. The molecule has 8 heteroatoms. The fraction of sp³-hybridized carbons (Fsp3) is 0.269. The number of carbonyl (C=O) groups is 1. The zero-order chi connectivity index (χ0) is 24.3. The molecule has 2 amide bonds. The third-order valence-corrected chi connectivity index (χ3v) is 6.06. The Morgan fingerprint density at radius 2 is 1.74 bits per heavy atom. The van der Waals surface area contributed by atoms with Crippen LogP contribution in [0.15, 0.2) is 66.7 Å². The van der Waals surface area contributed by atoms with Crippen LogP contribution in [0, 0.1) is 5.82 Å². The number of halogens is 4. The van der Waals surface area contributed by atoms with Crippen molar-refractivity contribution in [3.05, 3.63) is 94.8 Å². The number of hydrogen-bond donors (Lipinski definition) is 2. The quantitative estimate of drug-likeness (QED) is 0.468. The summed E-state index contributed by atoms with van der Waals surface area (Å²) in [5.41, 5.74) is 2.17. The van der Waals surface area contributed by atoms with E-state index in [1.165, 1.54) is 18.2 Å². The van der Waals surface area contributed by atoms with Crippen LogP contribution in [0.4, 0.5) is 22.4 Å². The number of aliphatic hydroxyl groups excluding tert-OH is 1. The Hall–Kier alpha value is -3.39. The molecule has 0 spiro atoms. The van der Waals surface area contributed by atoms with Gasteiger partial charge in [0.1, 0.15) is 5.82 Å². The van der Waals surface area contributed by atoms with E-state index in [0.29, 0.717) is 30.5 Å². The minimum Gasteiger partial charge on any atom is -0.396 e. The van der Waals surface area contributed by atoms with Gasteiger partial charge in [0.25, 0.3) is 0 Å². The minimum absolute atomic E-state index is 0.0849. The van der Waals surface area contributed by atoms with E-state index < -0.39 is 17.6 Å². The average Bonchev–Trinajstić information content (AvgIpc) is 2.83. The number of fused-ring (bicyclic) bond motifs is 1. The first-order valence-corrected chi connectivity index (χ1v) is 11.0. The van der Waals surface area contributed by atoms with Crippen LogP contribution < -0.4 is 5.32 Å². The van der Waals surface area contributed by atoms with E-state index in [2.05, 4.69) is 5.32 Å². The van der Waals surface area contributed by atoms with Crippen LogP contribution in [0.2, 0.25) is 0 Å². The second kappa shape index (κ2) is 9.85. The van der Waals surface area contributed by atoms with E-state index in [-0.39, 0.29) is 30.8 Å². The smallest absolute Gasteiger partial charge is 0.396 e. The predicted octanol–water partition coefficient (Wildman–Crippen LogP) is 5.70. The molecule has 2 N–H and O–H groups in total. The van der Waals surface area contributed by atoms with Gasteiger partial charge in [-0.2, -0.15) is 13.2 Å². The lowest BCUT2D eigenvalue weighted by atomic mass is 9.90. The maximum atomic E-state index is 14.8. The van der Waals surface area contributed by atoms with Gasteiger partial charge in [-0.1, -0.05) is 48.5 Å². The Morgan fingerprint density at radius 3 is 2.38 bits per heavy atom. The molecular weight excluding hydrogens is 448 g/mol. The number of carbonyl (C=O) groups excluding carboxylic acids is 1. The Kier molecular flexibility index (Phi) is 6.88. The number of urea groups is 1. The SMILES string of the molecule is O=C(N[C@@H](CCO)c1ccccc1)N1CCc2c(ccc(F)c2-c2ccc(C(F)(F)F)cc2)C1. The third kappa shape index (κ3) is 5.07. The average molecular weight is 472 g/mol. The summed E-state index contributed by atoms with van der Waals surface area (Å²) in [6.07, 6.45) is -3.73. The van der Waals surface area contributed by atoms with Gasteiger partial charge in [-0.15, -0.1) is 0 Å². The first-order chi connectivity index (χ1) is 16.3. The van der Waals surface area contributed by atoms with E-state index in [1.54, 1.807) is 11.0 Å². The van der Waals surface area contributed by atoms with Crippen LogP contribution in [-0.4, -0.2) is 29.2 Å². The van der Waals surface area contributed by atoms with Gasteiger partial charge in [0.2, 0.25) is 0 Å². The van der Waals surface area contributed by atoms with Crippen LogP contribution in [0.3, 0.4) is 0 Å². The number of aliphatic hydroxyl groups is 1. The fourth-order valence-corrected chi connectivity index (χ4v) is 4.32. The van der Waals surface area contributed by atoms with Crippen LogP contribution >= 0.6 is 0 Å². The van der Waals surface area contributed by atoms with Gasteiger partial charge in [-0.3, -0.25) is 0 Å². The lowest BCUT2D eigenvalue weighted by Crippen LogP contribution is -2.44. The second-order valence-electron chi connectivity index (χ2n) is 8.23. The van der Waals surface area contributed by atoms with Gasteiger partial charge in [0.15, 0.2) is 0 Å². The number of rotatable bonds is 5. The molecule has 178 valence electrons. The van der Waals surface area contributed by atoms with Crippen molar-refractivity contribution in [1.82, 2.24) is 10.2 Å². The van der Waals surface area contributed by atoms with Crippen molar-refractivity contribution in [2.24, 2.45) is 0 Å². The van der Waals surface area contributed by atoms with Crippen LogP contribution in [-0.2, 0) is 19.1 Å². The molecule has 1 aliphatic heterocycles. The maximum Gasteiger partial charge on any atom is 0.416 e. The summed E-state index contributed by atoms with van der Waals surface area (Å²) < 4.78 is 53.5. The molecule has 0 fully saturated rings. The lowest BCUT2D eigenvalue weighted by molar-refractivity contribution is -0.137. The number of benzene rings is 3. The van der Waals surface area contributed by atoms with E-state index in [4.69, 9.17) is 0 Å². The zero-order valence-corrected chi connectivity index (χ0v) is 18.3. The van der Waals surface area contributed by atoms with Gasteiger partial charge >= 0.3 is 12.2 Å². The van der Waals surface area contributed by atoms with Crippen molar-refractivity contribution < 1.29 is 27.5 Å². The Balaban J connectivity index is 1.54. The molecule has 0 saturated heterocycles. The normalized spacial score (nSPS) is 14.4. The molecule has 0 aromatic heterocycles. The summed E-state index contributed by atoms with van der Waals surface area (Å²) in [5.74, 6) is -0.511. The number of hydrogen-bond acceptors (Lipinski definition) is 2. The summed E-state index contributed by atoms with van der Waals surface area (Å²) in [7, 11) is 0. The molecule has 4 rings (SSSR count). The molecule has 1 atom stereocenters. The topological polar surface area (TPSA) is 52.6 Å². The first kappa shape index (κ1) is 23.8. The predicted molar refractivity (Wildman–Crippen MR) is 120 cm³/mol. The molecule has 3 aromatic rings. The van der Waals surface area contributed by atoms with Gasteiger partial charge in [0.05, 0.1) is 11.6 Å². The van der Waals surface area contributed by atoms with Crippen LogP contribution in [0.25, 0.3) is 11.1 Å². The summed E-state index contributed by atoms with van der Waals surface area (Å²) in [4.78, 5) is 14.6. The zero-order valence-electron chi connectivity index (χ0n) is 18.3. The van der Waals surface area contributed by atoms with E-state index in [9.17, 15) is 27.5 Å². The van der Waals surface area contributed by atoms with Crippen molar-refractivity contribution in [3.8, 4) is 11.1 Å². The molecule has 4 nitrogen and oxygen atoms in total. The monoisotopic (exact) mass is 472 g/mol. The standard InChI is InChI=1S/C26H24F4N2O2/c27-22-11-8-19-16-32(25(34)31-23(13-15-33)17-4-2-1-3-5-17)14-12-21(19)24(22)18-6-9-20(10-7-18)26(28,29)30/h1-11,23,33H,12-16H2,(H,31,34)/t23-/m0/s1. The molecule has 0 aliphatic carbocycles. The van der Waals surface area contributed by atoms with Crippen LogP contribution in [0.1, 0.15) is 34.7 Å². The van der Waals surface area contributed by atoms with Crippen molar-refractivity contribution in [2.45, 2.75) is 31.6 Å². The third-order valence-electron chi connectivity index (χ3n) is 6.06. The van der Waals surface area contributed by atoms with E-state index in [1.807, 2.05) is 30.3 Å². The van der Waals surface area contributed by atoms with E-state index >= 15 is 0 Å². The van der Waals surface area contributed by atoms with Crippen molar-refractivity contribution in [3.63, 3.8) is 0 Å². The Bertz CT molecular complexity index is 1150. The highest BCUT2D eigenvalue weighted by molar-refractivity contribution is 5.76. The van der Waals surface area contributed by atoms with Gasteiger partial charge in [-0.25, -0.2) is 9.18 Å². The van der Waals surface area contributed by atoms with Crippen molar-refractivity contribution in [2.75, 3.05) is 13.2 Å². The summed E-state index contributed by atoms with van der Waals surface area (Å²) in [5, 5.41) is 12.4. The lowest BCUT2D eigenvalue weighted by Gasteiger charge is -2.32. The number of alkyl halides is 3. The summed E-state index contributed by atoms with van der Waals surface area (Å²) in [6.45, 7) is 0.491. The highest BCUT2D eigenvalue weighted by Crippen LogP contribution is 2.35. The Morgan fingerprint density at radius 1 is 1.03 bits per heavy atom. The largest absolute Gasteiger partial charge is 0.416 e. The number of amides is 2. The summed E-state index contributed by atoms with van der Waals surface area (Å²) in [6, 6.07) is 16.0. The van der Waals surface area contributed by atoms with Gasteiger partial charge in [-0.05, 0) is 53.3 Å². The van der Waals surface area contributed by atoms with Gasteiger partial charge in [0, 0.05) is 25.3 Å². The van der Waals surface area contributed by atoms with Crippen molar-refractivity contribution >= 4 is 6.03 Å². The molecule has 34 heavy (non-hydrogen) atoms. The molecule has 0 saturated carbocycles. The molecule has 0 radical (unpaired) electrons. The molecular formula is C26H24F4N2O2. The van der Waals surface area contributed by atoms with Gasteiger partial charge < -0.3 is 15.3 Å². The number of nitrogens with one attached hydrogen (secondary N) is 1. The highest BCUT2D eigenvalue weighted by Gasteiger charge is 2.31. The van der Waals surface area contributed by atoms with Crippen LogP contribution in [0.5, 0.6) is 0 Å². The number of nitrogens with zero attached hydrogens (tertiary/aromatic N) is 1. The molecule has 3 aromatic carbocycles. The molecule has 0 bridgehead atoms.